The Balaban J connectivity index is 2.14. The monoisotopic (exact) mass is 283 g/mol. The number of aliphatic hydroxyl groups excluding tert-OH is 3. The number of aromatic nitrogens is 4. The zero-order valence-corrected chi connectivity index (χ0v) is 10.2. The fraction of sp³-hybridized carbons (Fsp3) is 0.500. The summed E-state index contributed by atoms with van der Waals surface area (Å²) < 4.78 is 6.34. The van der Waals surface area contributed by atoms with Gasteiger partial charge in [-0.3, -0.25) is 0 Å². The summed E-state index contributed by atoms with van der Waals surface area (Å²) in [6.07, 6.45) is -3.66. The summed E-state index contributed by atoms with van der Waals surface area (Å²) >= 11 is 0. The standard InChI is InChI=1S/C10H13N5O5/c11-7-4-8(13-2-12-7)15(10(19)14-4)9-6(18)5(17)3(1-16)20-9/h2-3,5-6,9,16-18H,1H2,(H,14,19)(H2,11,12,13)/t3?,5?,6?,9-/m1/s1. The van der Waals surface area contributed by atoms with Gasteiger partial charge >= 0.3 is 5.69 Å². The molecule has 0 bridgehead atoms. The molecule has 1 fully saturated rings. The number of hydrogen-bond acceptors (Lipinski definition) is 8. The normalized spacial score (nSPS) is 30.1. The average Bonchev–Trinajstić information content (AvgIpc) is 2.90. The summed E-state index contributed by atoms with van der Waals surface area (Å²) in [4.78, 5) is 22.1. The van der Waals surface area contributed by atoms with Crippen molar-refractivity contribution in [2.45, 2.75) is 24.5 Å². The van der Waals surface area contributed by atoms with Crippen LogP contribution in [0.4, 0.5) is 5.82 Å². The van der Waals surface area contributed by atoms with Gasteiger partial charge < -0.3 is 30.8 Å². The Morgan fingerprint density at radius 3 is 2.80 bits per heavy atom. The predicted octanol–water partition coefficient (Wildman–Crippen LogP) is -2.69. The molecule has 3 heterocycles. The second kappa shape index (κ2) is 4.52. The van der Waals surface area contributed by atoms with Gasteiger partial charge in [-0.1, -0.05) is 0 Å². The first-order valence-electron chi connectivity index (χ1n) is 5.87. The summed E-state index contributed by atoms with van der Waals surface area (Å²) in [6, 6.07) is 0. The van der Waals surface area contributed by atoms with Gasteiger partial charge in [0, 0.05) is 0 Å². The van der Waals surface area contributed by atoms with Crippen LogP contribution in [0.15, 0.2) is 11.1 Å². The van der Waals surface area contributed by atoms with Crippen LogP contribution in [0, 0.1) is 0 Å². The largest absolute Gasteiger partial charge is 0.394 e. The van der Waals surface area contributed by atoms with Crippen molar-refractivity contribution in [1.29, 1.82) is 0 Å². The summed E-state index contributed by atoms with van der Waals surface area (Å²) in [5.74, 6) is 0.0811. The highest BCUT2D eigenvalue weighted by Gasteiger charge is 2.44. The van der Waals surface area contributed by atoms with Crippen molar-refractivity contribution in [3.8, 4) is 0 Å². The zero-order chi connectivity index (χ0) is 14.4. The number of ether oxygens (including phenoxy) is 1. The third-order valence-corrected chi connectivity index (χ3v) is 3.31. The molecule has 20 heavy (non-hydrogen) atoms. The number of rotatable bonds is 2. The third kappa shape index (κ3) is 1.70. The van der Waals surface area contributed by atoms with E-state index in [1.807, 2.05) is 0 Å². The van der Waals surface area contributed by atoms with E-state index >= 15 is 0 Å². The van der Waals surface area contributed by atoms with Crippen molar-refractivity contribution in [1.82, 2.24) is 19.5 Å². The van der Waals surface area contributed by atoms with E-state index in [0.29, 0.717) is 0 Å². The van der Waals surface area contributed by atoms with Crippen LogP contribution >= 0.6 is 0 Å². The molecule has 0 amide bonds. The molecule has 2 aromatic rings. The van der Waals surface area contributed by atoms with Gasteiger partial charge in [-0.2, -0.15) is 0 Å². The van der Waals surface area contributed by atoms with E-state index in [1.54, 1.807) is 0 Å². The van der Waals surface area contributed by atoms with Gasteiger partial charge in [0.1, 0.15) is 30.2 Å². The van der Waals surface area contributed by atoms with Gasteiger partial charge in [0.2, 0.25) is 0 Å². The first-order valence-corrected chi connectivity index (χ1v) is 5.87. The fourth-order valence-corrected chi connectivity index (χ4v) is 2.28. The molecule has 3 rings (SSSR count). The number of imidazole rings is 1. The number of aliphatic hydroxyl groups is 3. The molecular formula is C10H13N5O5. The molecular weight excluding hydrogens is 270 g/mol. The predicted molar refractivity (Wildman–Crippen MR) is 65.6 cm³/mol. The Hall–Kier alpha value is -2.01. The number of nitrogens with one attached hydrogen (secondary N) is 1. The van der Waals surface area contributed by atoms with Crippen molar-refractivity contribution in [2.75, 3.05) is 12.3 Å². The van der Waals surface area contributed by atoms with Crippen LogP contribution < -0.4 is 11.4 Å². The summed E-state index contributed by atoms with van der Waals surface area (Å²) in [5.41, 5.74) is 5.38. The molecule has 10 heteroatoms. The van der Waals surface area contributed by atoms with Crippen molar-refractivity contribution < 1.29 is 20.1 Å². The fourth-order valence-electron chi connectivity index (χ4n) is 2.28. The van der Waals surface area contributed by atoms with Crippen LogP contribution in [0.25, 0.3) is 11.2 Å². The minimum Gasteiger partial charge on any atom is -0.394 e. The van der Waals surface area contributed by atoms with Gasteiger partial charge in [0.25, 0.3) is 0 Å². The molecule has 4 atom stereocenters. The molecule has 1 aliphatic heterocycles. The molecule has 10 nitrogen and oxygen atoms in total. The number of hydrogen-bond donors (Lipinski definition) is 5. The van der Waals surface area contributed by atoms with Gasteiger partial charge in [-0.15, -0.1) is 0 Å². The first kappa shape index (κ1) is 13.0. The van der Waals surface area contributed by atoms with Crippen LogP contribution in [-0.2, 0) is 4.74 Å². The first-order chi connectivity index (χ1) is 9.54. The molecule has 6 N–H and O–H groups in total. The number of fused-ring (bicyclic) bond motifs is 1. The van der Waals surface area contributed by atoms with Crippen LogP contribution in [0.3, 0.4) is 0 Å². The number of nitrogen functional groups attached to an aromatic ring is 1. The molecule has 1 saturated heterocycles. The lowest BCUT2D eigenvalue weighted by Crippen LogP contribution is -2.34. The highest BCUT2D eigenvalue weighted by atomic mass is 16.6. The Kier molecular flexibility index (Phi) is 2.94. The number of aromatic amines is 1. The third-order valence-electron chi connectivity index (χ3n) is 3.31. The number of nitrogens with two attached hydrogens (primary N) is 1. The zero-order valence-electron chi connectivity index (χ0n) is 10.2. The maximum atomic E-state index is 12.0. The minimum atomic E-state index is -1.37. The van der Waals surface area contributed by atoms with E-state index < -0.39 is 36.8 Å². The van der Waals surface area contributed by atoms with Crippen molar-refractivity contribution in [3.63, 3.8) is 0 Å². The molecule has 0 radical (unpaired) electrons. The van der Waals surface area contributed by atoms with E-state index in [9.17, 15) is 15.0 Å². The van der Waals surface area contributed by atoms with Crippen molar-refractivity contribution in [2.24, 2.45) is 0 Å². The molecule has 0 aliphatic carbocycles. The van der Waals surface area contributed by atoms with E-state index in [0.717, 1.165) is 4.57 Å². The Morgan fingerprint density at radius 1 is 1.40 bits per heavy atom. The SMILES string of the molecule is Nc1ncnc2c1[nH]c(=O)n2[C@@H]1OC(CO)C(O)C1O. The second-order valence-corrected chi connectivity index (χ2v) is 4.49. The van der Waals surface area contributed by atoms with Crippen LogP contribution in [0.1, 0.15) is 6.23 Å². The van der Waals surface area contributed by atoms with Crippen LogP contribution in [0.2, 0.25) is 0 Å². The van der Waals surface area contributed by atoms with Gasteiger partial charge in [0.15, 0.2) is 17.7 Å². The minimum absolute atomic E-state index is 0.0811. The van der Waals surface area contributed by atoms with E-state index in [2.05, 4.69) is 15.0 Å². The Morgan fingerprint density at radius 2 is 2.15 bits per heavy atom. The lowest BCUT2D eigenvalue weighted by molar-refractivity contribution is -0.0524. The highest BCUT2D eigenvalue weighted by molar-refractivity contribution is 5.81. The van der Waals surface area contributed by atoms with Crippen LogP contribution in [-0.4, -0.2) is 59.8 Å². The second-order valence-electron chi connectivity index (χ2n) is 4.49. The van der Waals surface area contributed by atoms with E-state index in [4.69, 9.17) is 15.6 Å². The molecule has 0 saturated carbocycles. The molecule has 2 aromatic heterocycles. The van der Waals surface area contributed by atoms with Crippen molar-refractivity contribution >= 4 is 17.0 Å². The average molecular weight is 283 g/mol. The molecule has 0 spiro atoms. The van der Waals surface area contributed by atoms with Gasteiger partial charge in [0.05, 0.1) is 6.61 Å². The molecule has 0 aromatic carbocycles. The topological polar surface area (TPSA) is 160 Å². The van der Waals surface area contributed by atoms with Gasteiger partial charge in [-0.25, -0.2) is 19.3 Å². The van der Waals surface area contributed by atoms with Gasteiger partial charge in [-0.05, 0) is 0 Å². The molecule has 108 valence electrons. The maximum Gasteiger partial charge on any atom is 0.330 e. The Bertz CT molecular complexity index is 697. The molecule has 3 unspecified atom stereocenters. The smallest absolute Gasteiger partial charge is 0.330 e. The van der Waals surface area contributed by atoms with Crippen molar-refractivity contribution in [3.05, 3.63) is 16.8 Å². The maximum absolute atomic E-state index is 12.0. The Labute approximate surface area is 111 Å². The number of nitrogens with zero attached hydrogens (tertiary/aromatic N) is 3. The van der Waals surface area contributed by atoms with Crippen LogP contribution in [0.5, 0.6) is 0 Å². The summed E-state index contributed by atoms with van der Waals surface area (Å²) in [5, 5.41) is 28.7. The lowest BCUT2D eigenvalue weighted by Gasteiger charge is -2.15. The summed E-state index contributed by atoms with van der Waals surface area (Å²) in [7, 11) is 0. The van der Waals surface area contributed by atoms with E-state index in [1.165, 1.54) is 6.33 Å². The van der Waals surface area contributed by atoms with E-state index in [-0.39, 0.29) is 17.0 Å². The quantitative estimate of drug-likeness (QED) is 0.398. The number of H-pyrrole nitrogens is 1. The molecule has 1 aliphatic rings. The summed E-state index contributed by atoms with van der Waals surface area (Å²) in [6.45, 7) is -0.483. The highest BCUT2D eigenvalue weighted by Crippen LogP contribution is 2.30. The lowest BCUT2D eigenvalue weighted by atomic mass is 10.1. The number of anilines is 1.